The summed E-state index contributed by atoms with van der Waals surface area (Å²) >= 11 is 0. The quantitative estimate of drug-likeness (QED) is 0.853. The molecule has 0 aliphatic carbocycles. The molecule has 2 aliphatic rings. The summed E-state index contributed by atoms with van der Waals surface area (Å²) in [7, 11) is 0. The topological polar surface area (TPSA) is 38.8 Å². The van der Waals surface area contributed by atoms with Crippen LogP contribution >= 0.6 is 0 Å². The SMILES string of the molecule is CC(C)N1CCC(CNC(=O)N2CCN(Cc3ccc(F)c(F)c3)CC2)C1. The van der Waals surface area contributed by atoms with E-state index in [1.165, 1.54) is 6.07 Å². The highest BCUT2D eigenvalue weighted by Gasteiger charge is 2.26. The van der Waals surface area contributed by atoms with Crippen molar-refractivity contribution in [1.82, 2.24) is 20.0 Å². The van der Waals surface area contributed by atoms with Crippen LogP contribution in [-0.2, 0) is 6.54 Å². The van der Waals surface area contributed by atoms with Crippen molar-refractivity contribution in [3.63, 3.8) is 0 Å². The van der Waals surface area contributed by atoms with Crippen molar-refractivity contribution < 1.29 is 13.6 Å². The molecule has 0 radical (unpaired) electrons. The van der Waals surface area contributed by atoms with Crippen molar-refractivity contribution in [1.29, 1.82) is 0 Å². The highest BCUT2D eigenvalue weighted by molar-refractivity contribution is 5.74. The molecule has 2 saturated heterocycles. The van der Waals surface area contributed by atoms with Crippen molar-refractivity contribution in [2.45, 2.75) is 32.9 Å². The van der Waals surface area contributed by atoms with Crippen LogP contribution < -0.4 is 5.32 Å². The van der Waals surface area contributed by atoms with Gasteiger partial charge in [-0.2, -0.15) is 0 Å². The lowest BCUT2D eigenvalue weighted by molar-refractivity contribution is 0.134. The largest absolute Gasteiger partial charge is 0.338 e. The second kappa shape index (κ2) is 8.97. The third-order valence-corrected chi connectivity index (χ3v) is 5.64. The fraction of sp³-hybridized carbons (Fsp3) is 0.650. The van der Waals surface area contributed by atoms with E-state index < -0.39 is 11.6 Å². The van der Waals surface area contributed by atoms with Crippen molar-refractivity contribution in [3.05, 3.63) is 35.4 Å². The van der Waals surface area contributed by atoms with Gasteiger partial charge in [0.1, 0.15) is 0 Å². The van der Waals surface area contributed by atoms with Gasteiger partial charge in [-0.1, -0.05) is 6.07 Å². The Morgan fingerprint density at radius 2 is 1.89 bits per heavy atom. The lowest BCUT2D eigenvalue weighted by Gasteiger charge is -2.35. The summed E-state index contributed by atoms with van der Waals surface area (Å²) < 4.78 is 26.3. The Hall–Kier alpha value is -1.73. The second-order valence-corrected chi connectivity index (χ2v) is 7.94. The number of carbonyl (C=O) groups is 1. The van der Waals surface area contributed by atoms with Crippen LogP contribution in [0.3, 0.4) is 0 Å². The number of carbonyl (C=O) groups excluding carboxylic acids is 1. The lowest BCUT2D eigenvalue weighted by atomic mass is 10.1. The Balaban J connectivity index is 1.38. The Morgan fingerprint density at radius 1 is 1.15 bits per heavy atom. The summed E-state index contributed by atoms with van der Waals surface area (Å²) in [6.07, 6.45) is 1.14. The van der Waals surface area contributed by atoms with Crippen LogP contribution in [0.2, 0.25) is 0 Å². The highest BCUT2D eigenvalue weighted by Crippen LogP contribution is 2.18. The van der Waals surface area contributed by atoms with E-state index in [2.05, 4.69) is 29.0 Å². The fourth-order valence-corrected chi connectivity index (χ4v) is 3.85. The average molecular weight is 380 g/mol. The van der Waals surface area contributed by atoms with E-state index >= 15 is 0 Å². The van der Waals surface area contributed by atoms with Crippen LogP contribution in [0.4, 0.5) is 13.6 Å². The zero-order valence-electron chi connectivity index (χ0n) is 16.3. The number of hydrogen-bond acceptors (Lipinski definition) is 3. The Morgan fingerprint density at radius 3 is 2.52 bits per heavy atom. The summed E-state index contributed by atoms with van der Waals surface area (Å²) in [6.45, 7) is 10.7. The van der Waals surface area contributed by atoms with E-state index in [-0.39, 0.29) is 6.03 Å². The Kier molecular flexibility index (Phi) is 6.65. The molecule has 7 heteroatoms. The van der Waals surface area contributed by atoms with E-state index in [0.717, 1.165) is 50.8 Å². The molecule has 0 aromatic heterocycles. The van der Waals surface area contributed by atoms with Crippen molar-refractivity contribution in [2.75, 3.05) is 45.8 Å². The molecule has 0 spiro atoms. The molecular weight excluding hydrogens is 350 g/mol. The fourth-order valence-electron chi connectivity index (χ4n) is 3.85. The maximum absolute atomic E-state index is 13.3. The maximum atomic E-state index is 13.3. The zero-order valence-corrected chi connectivity index (χ0v) is 16.3. The maximum Gasteiger partial charge on any atom is 0.317 e. The minimum Gasteiger partial charge on any atom is -0.338 e. The van der Waals surface area contributed by atoms with Gasteiger partial charge >= 0.3 is 6.03 Å². The summed E-state index contributed by atoms with van der Waals surface area (Å²) in [5, 5.41) is 3.08. The first kappa shape index (κ1) is 20.0. The number of hydrogen-bond donors (Lipinski definition) is 1. The molecule has 1 aromatic carbocycles. The minimum atomic E-state index is -0.820. The predicted octanol–water partition coefficient (Wildman–Crippen LogP) is 2.52. The molecule has 2 heterocycles. The second-order valence-electron chi connectivity index (χ2n) is 7.94. The number of nitrogens with one attached hydrogen (secondary N) is 1. The number of nitrogens with zero attached hydrogens (tertiary/aromatic N) is 3. The minimum absolute atomic E-state index is 0.00507. The van der Waals surface area contributed by atoms with E-state index in [9.17, 15) is 13.6 Å². The summed E-state index contributed by atoms with van der Waals surface area (Å²) in [6, 6.07) is 4.59. The molecule has 2 aliphatic heterocycles. The number of piperazine rings is 1. The molecule has 1 unspecified atom stereocenters. The third-order valence-electron chi connectivity index (χ3n) is 5.64. The highest BCUT2D eigenvalue weighted by atomic mass is 19.2. The molecule has 3 rings (SSSR count). The summed E-state index contributed by atoms with van der Waals surface area (Å²) in [4.78, 5) is 18.9. The number of halogens is 2. The zero-order chi connectivity index (χ0) is 19.4. The van der Waals surface area contributed by atoms with E-state index in [1.54, 1.807) is 6.07 Å². The van der Waals surface area contributed by atoms with Gasteiger partial charge in [0.15, 0.2) is 11.6 Å². The average Bonchev–Trinajstić information content (AvgIpc) is 3.13. The van der Waals surface area contributed by atoms with Gasteiger partial charge in [0.05, 0.1) is 0 Å². The number of rotatable bonds is 5. The van der Waals surface area contributed by atoms with Crippen LogP contribution in [0.5, 0.6) is 0 Å². The van der Waals surface area contributed by atoms with Gasteiger partial charge in [0.2, 0.25) is 0 Å². The first-order chi connectivity index (χ1) is 12.9. The van der Waals surface area contributed by atoms with Gasteiger partial charge in [-0.05, 0) is 50.4 Å². The summed E-state index contributed by atoms with van der Waals surface area (Å²) in [5.74, 6) is -1.10. The van der Waals surface area contributed by atoms with Gasteiger partial charge in [-0.25, -0.2) is 13.6 Å². The molecule has 2 amide bonds. The molecular formula is C20H30F2N4O. The van der Waals surface area contributed by atoms with Crippen molar-refractivity contribution in [2.24, 2.45) is 5.92 Å². The molecule has 1 atom stereocenters. The molecule has 0 saturated carbocycles. The van der Waals surface area contributed by atoms with Gasteiger partial charge in [0.25, 0.3) is 0 Å². The van der Waals surface area contributed by atoms with Gasteiger partial charge in [-0.3, -0.25) is 4.90 Å². The number of amides is 2. The van der Waals surface area contributed by atoms with E-state index in [0.29, 0.717) is 31.6 Å². The molecule has 150 valence electrons. The summed E-state index contributed by atoms with van der Waals surface area (Å²) in [5.41, 5.74) is 0.753. The van der Waals surface area contributed by atoms with Gasteiger partial charge in [0, 0.05) is 51.9 Å². The third kappa shape index (κ3) is 5.39. The van der Waals surface area contributed by atoms with Crippen molar-refractivity contribution in [3.8, 4) is 0 Å². The molecule has 27 heavy (non-hydrogen) atoms. The van der Waals surface area contributed by atoms with Gasteiger partial charge in [-0.15, -0.1) is 0 Å². The van der Waals surface area contributed by atoms with Crippen LogP contribution in [-0.4, -0.2) is 72.6 Å². The Labute approximate surface area is 160 Å². The van der Waals surface area contributed by atoms with Gasteiger partial charge < -0.3 is 15.1 Å². The van der Waals surface area contributed by atoms with Crippen molar-refractivity contribution >= 4 is 6.03 Å². The van der Waals surface area contributed by atoms with Crippen LogP contribution in [0.25, 0.3) is 0 Å². The number of benzene rings is 1. The van der Waals surface area contributed by atoms with Crippen LogP contribution in [0, 0.1) is 17.6 Å². The predicted molar refractivity (Wildman–Crippen MR) is 101 cm³/mol. The molecule has 2 fully saturated rings. The van der Waals surface area contributed by atoms with E-state index in [4.69, 9.17) is 0 Å². The normalized spacial score (nSPS) is 21.8. The smallest absolute Gasteiger partial charge is 0.317 e. The number of likely N-dealkylation sites (tertiary alicyclic amines) is 1. The first-order valence-corrected chi connectivity index (χ1v) is 9.85. The molecule has 1 aromatic rings. The Bertz CT molecular complexity index is 647. The first-order valence-electron chi connectivity index (χ1n) is 9.85. The monoisotopic (exact) mass is 380 g/mol. The van der Waals surface area contributed by atoms with E-state index in [1.807, 2.05) is 4.90 Å². The van der Waals surface area contributed by atoms with Crippen LogP contribution in [0.15, 0.2) is 18.2 Å². The molecule has 1 N–H and O–H groups in total. The molecule has 0 bridgehead atoms. The van der Waals surface area contributed by atoms with Crippen LogP contribution in [0.1, 0.15) is 25.8 Å². The standard InChI is InChI=1S/C20H30F2N4O/c1-15(2)26-6-5-17(14-26)12-23-20(27)25-9-7-24(8-10-25)13-16-3-4-18(21)19(22)11-16/h3-4,11,15,17H,5-10,12-14H2,1-2H3,(H,23,27). The number of urea groups is 1. The molecule has 5 nitrogen and oxygen atoms in total. The lowest BCUT2D eigenvalue weighted by Crippen LogP contribution is -2.52.